The highest BCUT2D eigenvalue weighted by atomic mass is 16.5. The number of rotatable bonds is 6. The van der Waals surface area contributed by atoms with Crippen LogP contribution in [0.2, 0.25) is 0 Å². The molecule has 0 saturated carbocycles. The molecule has 1 aromatic rings. The molecule has 1 aromatic heterocycles. The van der Waals surface area contributed by atoms with Gasteiger partial charge in [0.05, 0.1) is 18.1 Å². The van der Waals surface area contributed by atoms with E-state index >= 15 is 0 Å². The van der Waals surface area contributed by atoms with Crippen molar-refractivity contribution in [2.75, 3.05) is 6.61 Å². The summed E-state index contributed by atoms with van der Waals surface area (Å²) in [5, 5.41) is 0. The SMILES string of the molecule is CC(C)OCCCn1cnc(CN)c1. The molecule has 0 radical (unpaired) electrons. The zero-order chi connectivity index (χ0) is 10.4. The van der Waals surface area contributed by atoms with Crippen LogP contribution < -0.4 is 5.73 Å². The zero-order valence-electron chi connectivity index (χ0n) is 8.94. The van der Waals surface area contributed by atoms with Gasteiger partial charge in [-0.3, -0.25) is 0 Å². The van der Waals surface area contributed by atoms with Gasteiger partial charge in [0.25, 0.3) is 0 Å². The van der Waals surface area contributed by atoms with E-state index in [1.807, 2.05) is 30.9 Å². The lowest BCUT2D eigenvalue weighted by atomic mass is 10.4. The molecule has 0 aliphatic carbocycles. The highest BCUT2D eigenvalue weighted by molar-refractivity contribution is 4.95. The summed E-state index contributed by atoms with van der Waals surface area (Å²) in [5.74, 6) is 0. The molecular weight excluding hydrogens is 178 g/mol. The van der Waals surface area contributed by atoms with Crippen LogP contribution >= 0.6 is 0 Å². The smallest absolute Gasteiger partial charge is 0.0949 e. The van der Waals surface area contributed by atoms with Gasteiger partial charge in [-0.1, -0.05) is 0 Å². The highest BCUT2D eigenvalue weighted by Gasteiger charge is 1.97. The average molecular weight is 197 g/mol. The van der Waals surface area contributed by atoms with Gasteiger partial charge in [-0.05, 0) is 20.3 Å². The van der Waals surface area contributed by atoms with E-state index in [1.165, 1.54) is 0 Å². The standard InChI is InChI=1S/C10H19N3O/c1-9(2)14-5-3-4-13-7-10(6-11)12-8-13/h7-9H,3-6,11H2,1-2H3. The van der Waals surface area contributed by atoms with Crippen LogP contribution in [0.5, 0.6) is 0 Å². The Hall–Kier alpha value is -0.870. The molecule has 14 heavy (non-hydrogen) atoms. The van der Waals surface area contributed by atoms with Crippen molar-refractivity contribution in [3.8, 4) is 0 Å². The second-order valence-electron chi connectivity index (χ2n) is 3.58. The number of imidazole rings is 1. The minimum absolute atomic E-state index is 0.317. The quantitative estimate of drug-likeness (QED) is 0.696. The topological polar surface area (TPSA) is 53.1 Å². The van der Waals surface area contributed by atoms with E-state index < -0.39 is 0 Å². The van der Waals surface area contributed by atoms with Crippen LogP contribution in [0.1, 0.15) is 26.0 Å². The molecule has 1 heterocycles. The lowest BCUT2D eigenvalue weighted by Gasteiger charge is -2.07. The van der Waals surface area contributed by atoms with Gasteiger partial charge in [-0.25, -0.2) is 4.98 Å². The fourth-order valence-corrected chi connectivity index (χ4v) is 1.20. The van der Waals surface area contributed by atoms with Crippen molar-refractivity contribution in [1.29, 1.82) is 0 Å². The van der Waals surface area contributed by atoms with Crippen LogP contribution in [0.15, 0.2) is 12.5 Å². The molecule has 0 saturated heterocycles. The first kappa shape index (κ1) is 11.2. The Morgan fingerprint density at radius 1 is 1.57 bits per heavy atom. The number of ether oxygens (including phenoxy) is 1. The van der Waals surface area contributed by atoms with E-state index in [4.69, 9.17) is 10.5 Å². The monoisotopic (exact) mass is 197 g/mol. The van der Waals surface area contributed by atoms with Gasteiger partial charge in [-0.2, -0.15) is 0 Å². The third-order valence-corrected chi connectivity index (χ3v) is 1.91. The summed E-state index contributed by atoms with van der Waals surface area (Å²) in [6, 6.07) is 0. The number of hydrogen-bond acceptors (Lipinski definition) is 3. The summed E-state index contributed by atoms with van der Waals surface area (Å²) in [4.78, 5) is 4.15. The molecular formula is C10H19N3O. The Morgan fingerprint density at radius 2 is 2.36 bits per heavy atom. The van der Waals surface area contributed by atoms with Gasteiger partial charge in [-0.15, -0.1) is 0 Å². The molecule has 0 aliphatic rings. The highest BCUT2D eigenvalue weighted by Crippen LogP contribution is 1.98. The van der Waals surface area contributed by atoms with Gasteiger partial charge in [0.15, 0.2) is 0 Å². The van der Waals surface area contributed by atoms with E-state index in [1.54, 1.807) is 0 Å². The summed E-state index contributed by atoms with van der Waals surface area (Å²) in [5.41, 5.74) is 6.40. The molecule has 0 spiro atoms. The van der Waals surface area contributed by atoms with Crippen molar-refractivity contribution in [1.82, 2.24) is 9.55 Å². The van der Waals surface area contributed by atoms with Crippen molar-refractivity contribution in [3.63, 3.8) is 0 Å². The largest absolute Gasteiger partial charge is 0.379 e. The second kappa shape index (κ2) is 5.78. The van der Waals surface area contributed by atoms with Crippen LogP contribution in [0, 0.1) is 0 Å². The van der Waals surface area contributed by atoms with E-state index in [0.717, 1.165) is 25.3 Å². The molecule has 80 valence electrons. The summed E-state index contributed by atoms with van der Waals surface area (Å²) in [6.07, 6.45) is 5.13. The first-order chi connectivity index (χ1) is 6.72. The van der Waals surface area contributed by atoms with E-state index in [9.17, 15) is 0 Å². The lowest BCUT2D eigenvalue weighted by molar-refractivity contribution is 0.0748. The van der Waals surface area contributed by atoms with Crippen LogP contribution in [0.3, 0.4) is 0 Å². The fraction of sp³-hybridized carbons (Fsp3) is 0.700. The summed E-state index contributed by atoms with van der Waals surface area (Å²) >= 11 is 0. The molecule has 0 atom stereocenters. The number of hydrogen-bond donors (Lipinski definition) is 1. The Kier molecular flexibility index (Phi) is 4.62. The molecule has 4 heteroatoms. The van der Waals surface area contributed by atoms with Crippen LogP contribution in [-0.2, 0) is 17.8 Å². The molecule has 0 aromatic carbocycles. The minimum Gasteiger partial charge on any atom is -0.379 e. The minimum atomic E-state index is 0.317. The van der Waals surface area contributed by atoms with Gasteiger partial charge < -0.3 is 15.0 Å². The van der Waals surface area contributed by atoms with Gasteiger partial charge in [0, 0.05) is 25.9 Å². The molecule has 2 N–H and O–H groups in total. The van der Waals surface area contributed by atoms with Crippen LogP contribution in [0.4, 0.5) is 0 Å². The number of nitrogens with two attached hydrogens (primary N) is 1. The van der Waals surface area contributed by atoms with Gasteiger partial charge in [0.1, 0.15) is 0 Å². The van der Waals surface area contributed by atoms with Gasteiger partial charge in [0.2, 0.25) is 0 Å². The van der Waals surface area contributed by atoms with E-state index in [-0.39, 0.29) is 0 Å². The Labute approximate surface area is 85.1 Å². The number of nitrogens with zero attached hydrogens (tertiary/aromatic N) is 2. The van der Waals surface area contributed by atoms with Crippen molar-refractivity contribution < 1.29 is 4.74 Å². The normalized spacial score (nSPS) is 11.1. The van der Waals surface area contributed by atoms with Gasteiger partial charge >= 0.3 is 0 Å². The Bertz CT molecular complexity index is 258. The molecule has 4 nitrogen and oxygen atoms in total. The van der Waals surface area contributed by atoms with Crippen molar-refractivity contribution >= 4 is 0 Å². The Morgan fingerprint density at radius 3 is 2.93 bits per heavy atom. The molecule has 0 fully saturated rings. The first-order valence-corrected chi connectivity index (χ1v) is 5.04. The van der Waals surface area contributed by atoms with E-state index in [0.29, 0.717) is 12.6 Å². The summed E-state index contributed by atoms with van der Waals surface area (Å²) in [7, 11) is 0. The molecule has 1 rings (SSSR count). The maximum atomic E-state index is 5.46. The predicted octanol–water partition coefficient (Wildman–Crippen LogP) is 1.16. The fourth-order valence-electron chi connectivity index (χ4n) is 1.20. The predicted molar refractivity (Wildman–Crippen MR) is 55.8 cm³/mol. The van der Waals surface area contributed by atoms with Crippen molar-refractivity contribution in [2.45, 2.75) is 39.5 Å². The average Bonchev–Trinajstić information content (AvgIpc) is 2.60. The van der Waals surface area contributed by atoms with E-state index in [2.05, 4.69) is 4.98 Å². The Balaban J connectivity index is 2.18. The molecule has 0 amide bonds. The maximum absolute atomic E-state index is 5.46. The zero-order valence-corrected chi connectivity index (χ0v) is 8.94. The maximum Gasteiger partial charge on any atom is 0.0949 e. The summed E-state index contributed by atoms with van der Waals surface area (Å²) < 4.78 is 7.49. The molecule has 0 unspecified atom stereocenters. The third kappa shape index (κ3) is 3.89. The second-order valence-corrected chi connectivity index (χ2v) is 3.58. The first-order valence-electron chi connectivity index (χ1n) is 5.04. The molecule has 0 bridgehead atoms. The number of aryl methyl sites for hydroxylation is 1. The lowest BCUT2D eigenvalue weighted by Crippen LogP contribution is -2.06. The van der Waals surface area contributed by atoms with Crippen LogP contribution in [-0.4, -0.2) is 22.3 Å². The third-order valence-electron chi connectivity index (χ3n) is 1.91. The number of aromatic nitrogens is 2. The molecule has 0 aliphatic heterocycles. The van der Waals surface area contributed by atoms with Crippen molar-refractivity contribution in [3.05, 3.63) is 18.2 Å². The summed E-state index contributed by atoms with van der Waals surface area (Å²) in [6.45, 7) is 6.34. The van der Waals surface area contributed by atoms with Crippen molar-refractivity contribution in [2.24, 2.45) is 5.73 Å². The van der Waals surface area contributed by atoms with Crippen LogP contribution in [0.25, 0.3) is 0 Å².